The SMILES string of the molecule is CCCCCCCCCCC(=O)OC(CO)COC(=O)CCC. The molecule has 0 bridgehead atoms. The van der Waals surface area contributed by atoms with E-state index in [0.717, 1.165) is 19.3 Å². The number of carbonyl (C=O) groups is 2. The number of rotatable bonds is 15. The van der Waals surface area contributed by atoms with Gasteiger partial charge in [-0.3, -0.25) is 9.59 Å². The van der Waals surface area contributed by atoms with Gasteiger partial charge in [-0.2, -0.15) is 0 Å². The second kappa shape index (κ2) is 15.8. The molecule has 0 aromatic carbocycles. The first-order chi connectivity index (χ1) is 11.1. The molecule has 0 aliphatic heterocycles. The van der Waals surface area contributed by atoms with Crippen molar-refractivity contribution in [2.24, 2.45) is 0 Å². The molecule has 0 fully saturated rings. The van der Waals surface area contributed by atoms with Crippen molar-refractivity contribution in [1.29, 1.82) is 0 Å². The summed E-state index contributed by atoms with van der Waals surface area (Å²) in [5.74, 6) is -0.661. The second-order valence-electron chi connectivity index (χ2n) is 5.95. The number of hydrogen-bond donors (Lipinski definition) is 1. The molecule has 23 heavy (non-hydrogen) atoms. The molecule has 0 radical (unpaired) electrons. The fraction of sp³-hybridized carbons (Fsp3) is 0.889. The monoisotopic (exact) mass is 330 g/mol. The van der Waals surface area contributed by atoms with E-state index < -0.39 is 6.10 Å². The third kappa shape index (κ3) is 14.2. The second-order valence-corrected chi connectivity index (χ2v) is 5.95. The minimum Gasteiger partial charge on any atom is -0.462 e. The van der Waals surface area contributed by atoms with Crippen LogP contribution in [-0.2, 0) is 19.1 Å². The van der Waals surface area contributed by atoms with E-state index in [2.05, 4.69) is 6.92 Å². The average molecular weight is 330 g/mol. The number of esters is 2. The van der Waals surface area contributed by atoms with Gasteiger partial charge in [-0.15, -0.1) is 0 Å². The summed E-state index contributed by atoms with van der Waals surface area (Å²) >= 11 is 0. The number of carbonyl (C=O) groups excluding carboxylic acids is 2. The van der Waals surface area contributed by atoms with Crippen LogP contribution in [-0.4, -0.2) is 36.4 Å². The molecule has 5 heteroatoms. The van der Waals surface area contributed by atoms with E-state index in [9.17, 15) is 9.59 Å². The Bertz CT molecular complexity index is 304. The summed E-state index contributed by atoms with van der Waals surface area (Å²) in [4.78, 5) is 22.9. The van der Waals surface area contributed by atoms with Gasteiger partial charge in [0.1, 0.15) is 6.61 Å². The Morgan fingerprint density at radius 2 is 1.43 bits per heavy atom. The van der Waals surface area contributed by atoms with Gasteiger partial charge in [-0.05, 0) is 12.8 Å². The summed E-state index contributed by atoms with van der Waals surface area (Å²) in [7, 11) is 0. The van der Waals surface area contributed by atoms with Gasteiger partial charge >= 0.3 is 11.9 Å². The topological polar surface area (TPSA) is 72.8 Å². The summed E-state index contributed by atoms with van der Waals surface area (Å²) in [6, 6.07) is 0. The van der Waals surface area contributed by atoms with Gasteiger partial charge in [0.05, 0.1) is 6.61 Å². The molecule has 0 spiro atoms. The average Bonchev–Trinajstić information content (AvgIpc) is 2.54. The van der Waals surface area contributed by atoms with Crippen LogP contribution in [0.1, 0.15) is 84.5 Å². The molecule has 0 rings (SSSR count). The lowest BCUT2D eigenvalue weighted by molar-refractivity contribution is -0.161. The van der Waals surface area contributed by atoms with Gasteiger partial charge in [0.25, 0.3) is 0 Å². The quantitative estimate of drug-likeness (QED) is 0.365. The summed E-state index contributed by atoms with van der Waals surface area (Å²) < 4.78 is 10.1. The fourth-order valence-corrected chi connectivity index (χ4v) is 2.23. The van der Waals surface area contributed by atoms with Gasteiger partial charge in [-0.1, -0.05) is 58.8 Å². The van der Waals surface area contributed by atoms with Gasteiger partial charge < -0.3 is 14.6 Å². The van der Waals surface area contributed by atoms with Crippen LogP contribution >= 0.6 is 0 Å². The Morgan fingerprint density at radius 1 is 0.826 bits per heavy atom. The van der Waals surface area contributed by atoms with Gasteiger partial charge in [-0.25, -0.2) is 0 Å². The van der Waals surface area contributed by atoms with Crippen molar-refractivity contribution in [3.63, 3.8) is 0 Å². The van der Waals surface area contributed by atoms with E-state index in [1.807, 2.05) is 6.92 Å². The zero-order valence-corrected chi connectivity index (χ0v) is 14.8. The molecule has 0 amide bonds. The lowest BCUT2D eigenvalue weighted by Gasteiger charge is -2.15. The predicted molar refractivity (Wildman–Crippen MR) is 90.1 cm³/mol. The number of aliphatic hydroxyl groups excluding tert-OH is 1. The standard InChI is InChI=1S/C18H34O5/c1-3-5-6-7-8-9-10-11-13-18(21)23-16(14-19)15-22-17(20)12-4-2/h16,19H,3-15H2,1-2H3. The molecule has 0 saturated carbocycles. The molecule has 0 heterocycles. The maximum Gasteiger partial charge on any atom is 0.306 e. The first kappa shape index (κ1) is 21.9. The van der Waals surface area contributed by atoms with Crippen molar-refractivity contribution < 1.29 is 24.2 Å². The summed E-state index contributed by atoms with van der Waals surface area (Å²) in [6.07, 6.45) is 9.98. The highest BCUT2D eigenvalue weighted by atomic mass is 16.6. The summed E-state index contributed by atoms with van der Waals surface area (Å²) in [5, 5.41) is 9.16. The largest absolute Gasteiger partial charge is 0.462 e. The lowest BCUT2D eigenvalue weighted by Crippen LogP contribution is -2.28. The summed E-state index contributed by atoms with van der Waals surface area (Å²) in [6.45, 7) is 3.69. The molecular formula is C18H34O5. The first-order valence-corrected chi connectivity index (χ1v) is 9.09. The van der Waals surface area contributed by atoms with Gasteiger partial charge in [0.2, 0.25) is 0 Å². The highest BCUT2D eigenvalue weighted by Crippen LogP contribution is 2.10. The molecule has 1 atom stereocenters. The van der Waals surface area contributed by atoms with Crippen LogP contribution in [0, 0.1) is 0 Å². The van der Waals surface area contributed by atoms with Crippen LogP contribution < -0.4 is 0 Å². The third-order valence-corrected chi connectivity index (χ3v) is 3.62. The van der Waals surface area contributed by atoms with E-state index in [1.165, 1.54) is 32.1 Å². The van der Waals surface area contributed by atoms with Crippen LogP contribution in [0.2, 0.25) is 0 Å². The molecule has 0 aromatic heterocycles. The zero-order chi connectivity index (χ0) is 17.3. The van der Waals surface area contributed by atoms with E-state index in [-0.39, 0.29) is 25.2 Å². The van der Waals surface area contributed by atoms with Crippen molar-refractivity contribution in [3.8, 4) is 0 Å². The first-order valence-electron chi connectivity index (χ1n) is 9.09. The highest BCUT2D eigenvalue weighted by Gasteiger charge is 2.15. The van der Waals surface area contributed by atoms with E-state index in [1.54, 1.807) is 0 Å². The van der Waals surface area contributed by atoms with Crippen molar-refractivity contribution in [1.82, 2.24) is 0 Å². The fourth-order valence-electron chi connectivity index (χ4n) is 2.23. The van der Waals surface area contributed by atoms with Crippen molar-refractivity contribution in [2.75, 3.05) is 13.2 Å². The van der Waals surface area contributed by atoms with Crippen molar-refractivity contribution in [3.05, 3.63) is 0 Å². The van der Waals surface area contributed by atoms with E-state index in [4.69, 9.17) is 14.6 Å². The highest BCUT2D eigenvalue weighted by molar-refractivity contribution is 5.70. The van der Waals surface area contributed by atoms with Crippen LogP contribution in [0.5, 0.6) is 0 Å². The molecule has 0 saturated heterocycles. The normalized spacial score (nSPS) is 12.0. The van der Waals surface area contributed by atoms with E-state index >= 15 is 0 Å². The third-order valence-electron chi connectivity index (χ3n) is 3.62. The molecule has 0 aromatic rings. The maximum absolute atomic E-state index is 11.7. The Hall–Kier alpha value is -1.10. The Kier molecular flexibility index (Phi) is 15.0. The minimum absolute atomic E-state index is 0.0709. The zero-order valence-electron chi connectivity index (χ0n) is 14.8. The number of aliphatic hydroxyl groups is 1. The maximum atomic E-state index is 11.7. The predicted octanol–water partition coefficient (Wildman–Crippen LogP) is 3.76. The molecule has 0 aliphatic rings. The number of unbranched alkanes of at least 4 members (excludes halogenated alkanes) is 7. The summed E-state index contributed by atoms with van der Waals surface area (Å²) in [5.41, 5.74) is 0. The smallest absolute Gasteiger partial charge is 0.306 e. The Labute approximate surface area is 140 Å². The van der Waals surface area contributed by atoms with Crippen LogP contribution in [0.15, 0.2) is 0 Å². The Morgan fingerprint density at radius 3 is 2.00 bits per heavy atom. The molecule has 1 unspecified atom stereocenters. The van der Waals surface area contributed by atoms with Crippen LogP contribution in [0.3, 0.4) is 0 Å². The molecule has 1 N–H and O–H groups in total. The molecule has 5 nitrogen and oxygen atoms in total. The Balaban J connectivity index is 3.63. The number of ether oxygens (including phenoxy) is 2. The molecule has 136 valence electrons. The van der Waals surface area contributed by atoms with Crippen LogP contribution in [0.25, 0.3) is 0 Å². The van der Waals surface area contributed by atoms with Gasteiger partial charge in [0.15, 0.2) is 6.10 Å². The molecular weight excluding hydrogens is 296 g/mol. The lowest BCUT2D eigenvalue weighted by atomic mass is 10.1. The molecule has 0 aliphatic carbocycles. The van der Waals surface area contributed by atoms with Crippen LogP contribution in [0.4, 0.5) is 0 Å². The van der Waals surface area contributed by atoms with Crippen molar-refractivity contribution >= 4 is 11.9 Å². The number of hydrogen-bond acceptors (Lipinski definition) is 5. The minimum atomic E-state index is -0.752. The van der Waals surface area contributed by atoms with Crippen molar-refractivity contribution in [2.45, 2.75) is 90.6 Å². The van der Waals surface area contributed by atoms with Gasteiger partial charge in [0, 0.05) is 12.8 Å². The van der Waals surface area contributed by atoms with E-state index in [0.29, 0.717) is 19.3 Å².